The number of hydrogen-bond acceptors (Lipinski definition) is 3. The van der Waals surface area contributed by atoms with Crippen LogP contribution in [-0.4, -0.2) is 25.5 Å². The van der Waals surface area contributed by atoms with Crippen LogP contribution in [0, 0.1) is 17.7 Å². The van der Waals surface area contributed by atoms with E-state index in [0.29, 0.717) is 0 Å². The number of amides is 1. The van der Waals surface area contributed by atoms with Crippen LogP contribution in [0.2, 0.25) is 0 Å². The number of nitrogens with one attached hydrogen (secondary N) is 1. The van der Waals surface area contributed by atoms with E-state index < -0.39 is 11.8 Å². The molecule has 0 bridgehead atoms. The van der Waals surface area contributed by atoms with E-state index in [1.807, 2.05) is 0 Å². The average molecular weight is 249 g/mol. The lowest BCUT2D eigenvalue weighted by molar-refractivity contribution is -0.118. The molecule has 0 unspecified atom stereocenters. The fourth-order valence-corrected chi connectivity index (χ4v) is 1.20. The molecule has 1 aromatic rings. The van der Waals surface area contributed by atoms with Crippen molar-refractivity contribution in [2.24, 2.45) is 0 Å². The highest BCUT2D eigenvalue weighted by Crippen LogP contribution is 2.12. The number of esters is 1. The number of ether oxygens (including phenoxy) is 1. The first-order valence-electron chi connectivity index (χ1n) is 5.16. The average Bonchev–Trinajstić information content (AvgIpc) is 2.35. The van der Waals surface area contributed by atoms with Gasteiger partial charge in [-0.2, -0.15) is 0 Å². The number of halogens is 1. The number of carbonyl (C=O) groups is 2. The van der Waals surface area contributed by atoms with Crippen molar-refractivity contribution >= 4 is 11.9 Å². The van der Waals surface area contributed by atoms with Gasteiger partial charge in [0.05, 0.1) is 24.8 Å². The van der Waals surface area contributed by atoms with Gasteiger partial charge in [-0.15, -0.1) is 0 Å². The third-order valence-electron chi connectivity index (χ3n) is 2.05. The third kappa shape index (κ3) is 3.59. The molecule has 1 N–H and O–H groups in total. The molecule has 1 aromatic carbocycles. The van der Waals surface area contributed by atoms with Gasteiger partial charge in [-0.3, -0.25) is 4.79 Å². The van der Waals surface area contributed by atoms with Gasteiger partial charge in [0.1, 0.15) is 0 Å². The van der Waals surface area contributed by atoms with Crippen molar-refractivity contribution in [2.45, 2.75) is 6.92 Å². The van der Waals surface area contributed by atoms with E-state index in [4.69, 9.17) is 0 Å². The largest absolute Gasteiger partial charge is 0.465 e. The highest BCUT2D eigenvalue weighted by molar-refractivity contribution is 5.90. The molecule has 0 heterocycles. The fourth-order valence-electron chi connectivity index (χ4n) is 1.20. The summed E-state index contributed by atoms with van der Waals surface area (Å²) in [6.45, 7) is 1.48. The molecule has 0 fully saturated rings. The lowest BCUT2D eigenvalue weighted by atomic mass is 10.1. The summed E-state index contributed by atoms with van der Waals surface area (Å²) in [5, 5.41) is 2.46. The molecule has 4 nitrogen and oxygen atoms in total. The van der Waals surface area contributed by atoms with Crippen LogP contribution in [0.25, 0.3) is 0 Å². The summed E-state index contributed by atoms with van der Waals surface area (Å²) < 4.78 is 18.3. The van der Waals surface area contributed by atoms with E-state index in [9.17, 15) is 14.0 Å². The van der Waals surface area contributed by atoms with Gasteiger partial charge in [-0.1, -0.05) is 17.9 Å². The summed E-state index contributed by atoms with van der Waals surface area (Å²) in [6, 6.07) is 4.28. The Morgan fingerprint density at radius 3 is 2.78 bits per heavy atom. The van der Waals surface area contributed by atoms with Crippen molar-refractivity contribution in [2.75, 3.05) is 13.7 Å². The highest BCUT2D eigenvalue weighted by atomic mass is 19.1. The van der Waals surface area contributed by atoms with Gasteiger partial charge in [0.15, 0.2) is 5.82 Å². The second kappa shape index (κ2) is 6.40. The topological polar surface area (TPSA) is 55.4 Å². The minimum Gasteiger partial charge on any atom is -0.465 e. The van der Waals surface area contributed by atoms with Crippen molar-refractivity contribution in [3.8, 4) is 11.8 Å². The van der Waals surface area contributed by atoms with Crippen molar-refractivity contribution < 1.29 is 18.7 Å². The number of methoxy groups -OCH3 is 1. The maximum atomic E-state index is 13.8. The van der Waals surface area contributed by atoms with Gasteiger partial charge >= 0.3 is 5.97 Å². The summed E-state index contributed by atoms with van der Waals surface area (Å²) in [7, 11) is 1.18. The Bertz CT molecular complexity index is 529. The van der Waals surface area contributed by atoms with Crippen LogP contribution in [0.1, 0.15) is 22.8 Å². The zero-order valence-corrected chi connectivity index (χ0v) is 10.0. The summed E-state index contributed by atoms with van der Waals surface area (Å²) in [4.78, 5) is 21.8. The molecule has 1 rings (SSSR count). The van der Waals surface area contributed by atoms with E-state index >= 15 is 0 Å². The lowest BCUT2D eigenvalue weighted by Gasteiger charge is -2.02. The van der Waals surface area contributed by atoms with Crippen molar-refractivity contribution in [1.29, 1.82) is 0 Å². The predicted molar refractivity (Wildman–Crippen MR) is 63.3 cm³/mol. The van der Waals surface area contributed by atoms with E-state index in [2.05, 4.69) is 21.9 Å². The summed E-state index contributed by atoms with van der Waals surface area (Å²) in [6.07, 6.45) is 0. The monoisotopic (exact) mass is 249 g/mol. The molecular formula is C13H12FNO3. The van der Waals surface area contributed by atoms with Gasteiger partial charge in [0.25, 0.3) is 0 Å². The molecule has 1 amide bonds. The number of benzene rings is 1. The molecule has 94 valence electrons. The Hall–Kier alpha value is -2.35. The Morgan fingerprint density at radius 1 is 1.44 bits per heavy atom. The molecule has 0 aromatic heterocycles. The quantitative estimate of drug-likeness (QED) is 0.630. The van der Waals surface area contributed by atoms with Crippen LogP contribution in [0.15, 0.2) is 18.2 Å². The molecule has 0 aliphatic heterocycles. The first kappa shape index (κ1) is 13.7. The summed E-state index contributed by atoms with van der Waals surface area (Å²) >= 11 is 0. The van der Waals surface area contributed by atoms with Crippen LogP contribution >= 0.6 is 0 Å². The minimum atomic E-state index is -0.752. The Balaban J connectivity index is 2.90. The molecule has 0 aliphatic carbocycles. The molecule has 5 heteroatoms. The zero-order valence-electron chi connectivity index (χ0n) is 10.0. The minimum absolute atomic E-state index is 0.0863. The van der Waals surface area contributed by atoms with Crippen molar-refractivity contribution in [3.63, 3.8) is 0 Å². The molecule has 0 saturated carbocycles. The van der Waals surface area contributed by atoms with Crippen LogP contribution in [0.5, 0.6) is 0 Å². The van der Waals surface area contributed by atoms with Gasteiger partial charge < -0.3 is 10.1 Å². The van der Waals surface area contributed by atoms with E-state index in [-0.39, 0.29) is 23.6 Å². The molecule has 0 aliphatic rings. The van der Waals surface area contributed by atoms with E-state index in [1.165, 1.54) is 32.2 Å². The Kier molecular flexibility index (Phi) is 4.88. The maximum absolute atomic E-state index is 13.8. The van der Waals surface area contributed by atoms with Crippen molar-refractivity contribution in [1.82, 2.24) is 5.32 Å². The lowest BCUT2D eigenvalue weighted by Crippen LogP contribution is -2.19. The van der Waals surface area contributed by atoms with Gasteiger partial charge in [0.2, 0.25) is 5.91 Å². The SMILES string of the molecule is COC(=O)c1cccc(C#CCNC(C)=O)c1F. The smallest absolute Gasteiger partial charge is 0.340 e. The van der Waals surface area contributed by atoms with E-state index in [0.717, 1.165) is 0 Å². The first-order valence-corrected chi connectivity index (χ1v) is 5.16. The standard InChI is InChI=1S/C13H12FNO3/c1-9(16)15-8-4-6-10-5-3-7-11(12(10)14)13(17)18-2/h3,5,7H,8H2,1-2H3,(H,15,16). The van der Waals surface area contributed by atoms with Gasteiger partial charge in [-0.05, 0) is 12.1 Å². The molecule has 18 heavy (non-hydrogen) atoms. The Labute approximate surface area is 104 Å². The number of carbonyl (C=O) groups excluding carboxylic acids is 2. The first-order chi connectivity index (χ1) is 8.56. The van der Waals surface area contributed by atoms with Crippen LogP contribution in [0.3, 0.4) is 0 Å². The van der Waals surface area contributed by atoms with Gasteiger partial charge in [-0.25, -0.2) is 9.18 Å². The number of hydrogen-bond donors (Lipinski definition) is 1. The summed E-state index contributed by atoms with van der Waals surface area (Å²) in [5.41, 5.74) is -0.0768. The predicted octanol–water partition coefficient (Wildman–Crippen LogP) is 1.10. The van der Waals surface area contributed by atoms with E-state index in [1.54, 1.807) is 0 Å². The van der Waals surface area contributed by atoms with Crippen LogP contribution in [0.4, 0.5) is 4.39 Å². The van der Waals surface area contributed by atoms with Gasteiger partial charge in [0, 0.05) is 6.92 Å². The fraction of sp³-hybridized carbons (Fsp3) is 0.231. The number of rotatable bonds is 2. The van der Waals surface area contributed by atoms with Crippen LogP contribution < -0.4 is 5.32 Å². The molecule has 0 radical (unpaired) electrons. The molecule has 0 saturated heterocycles. The molecule has 0 atom stereocenters. The maximum Gasteiger partial charge on any atom is 0.340 e. The second-order valence-corrected chi connectivity index (χ2v) is 3.37. The normalized spacial score (nSPS) is 9.06. The highest BCUT2D eigenvalue weighted by Gasteiger charge is 2.13. The summed E-state index contributed by atoms with van der Waals surface area (Å²) in [5.74, 6) is 3.44. The third-order valence-corrected chi connectivity index (χ3v) is 2.05. The zero-order chi connectivity index (χ0) is 13.5. The molecular weight excluding hydrogens is 237 g/mol. The van der Waals surface area contributed by atoms with Crippen LogP contribution in [-0.2, 0) is 9.53 Å². The Morgan fingerprint density at radius 2 is 2.17 bits per heavy atom. The second-order valence-electron chi connectivity index (χ2n) is 3.37. The van der Waals surface area contributed by atoms with Crippen molar-refractivity contribution in [3.05, 3.63) is 35.1 Å². The molecule has 0 spiro atoms.